The predicted octanol–water partition coefficient (Wildman–Crippen LogP) is 2.22. The van der Waals surface area contributed by atoms with Gasteiger partial charge in [-0.1, -0.05) is 12.5 Å². The first-order valence-electron chi connectivity index (χ1n) is 11.7. The van der Waals surface area contributed by atoms with Crippen molar-refractivity contribution in [2.24, 2.45) is 0 Å². The Morgan fingerprint density at radius 3 is 2.31 bits per heavy atom. The third-order valence-electron chi connectivity index (χ3n) is 5.84. The van der Waals surface area contributed by atoms with Gasteiger partial charge < -0.3 is 14.8 Å². The van der Waals surface area contributed by atoms with E-state index >= 15 is 0 Å². The normalized spacial score (nSPS) is 15.6. The topological polar surface area (TPSA) is 122 Å². The summed E-state index contributed by atoms with van der Waals surface area (Å²) in [5.41, 5.74) is 0.315. The molecule has 36 heavy (non-hydrogen) atoms. The number of anilines is 1. The van der Waals surface area contributed by atoms with Crippen molar-refractivity contribution < 1.29 is 31.1 Å². The van der Waals surface area contributed by atoms with E-state index in [9.17, 15) is 21.6 Å². The minimum Gasteiger partial charge on any atom is -0.497 e. The second-order valence-electron chi connectivity index (χ2n) is 8.51. The summed E-state index contributed by atoms with van der Waals surface area (Å²) in [6.45, 7) is 2.82. The Hall–Kier alpha value is -2.83. The Morgan fingerprint density at radius 1 is 1.03 bits per heavy atom. The summed E-state index contributed by atoms with van der Waals surface area (Å²) in [5.74, 6) is 0.441. The summed E-state index contributed by atoms with van der Waals surface area (Å²) in [7, 11) is -5.79. The van der Waals surface area contributed by atoms with Crippen LogP contribution in [-0.4, -0.2) is 72.7 Å². The Bertz CT molecular complexity index is 1240. The highest BCUT2D eigenvalue weighted by Gasteiger charge is 2.29. The number of ether oxygens (including phenoxy) is 2. The number of rotatable bonds is 11. The van der Waals surface area contributed by atoms with Crippen LogP contribution in [0.25, 0.3) is 0 Å². The van der Waals surface area contributed by atoms with E-state index in [1.807, 2.05) is 0 Å². The minimum atomic E-state index is -3.75. The van der Waals surface area contributed by atoms with Gasteiger partial charge in [0.15, 0.2) is 0 Å². The molecule has 0 aliphatic carbocycles. The lowest BCUT2D eigenvalue weighted by Gasteiger charge is -2.28. The lowest BCUT2D eigenvalue weighted by Crippen LogP contribution is -2.48. The van der Waals surface area contributed by atoms with Crippen LogP contribution >= 0.6 is 0 Å². The molecule has 0 aromatic heterocycles. The lowest BCUT2D eigenvalue weighted by atomic mass is 10.2. The molecular formula is C24H33N3O7S2. The van der Waals surface area contributed by atoms with Crippen molar-refractivity contribution in [1.29, 1.82) is 0 Å². The number of amides is 1. The molecule has 1 saturated heterocycles. The van der Waals surface area contributed by atoms with Crippen LogP contribution in [0, 0.1) is 0 Å². The van der Waals surface area contributed by atoms with Crippen molar-refractivity contribution in [1.82, 2.24) is 9.62 Å². The number of hydrogen-bond donors (Lipinski definition) is 1. The highest BCUT2D eigenvalue weighted by molar-refractivity contribution is 7.92. The number of sulfonamides is 2. The largest absolute Gasteiger partial charge is 0.497 e. The predicted molar refractivity (Wildman–Crippen MR) is 137 cm³/mol. The van der Waals surface area contributed by atoms with Crippen molar-refractivity contribution in [3.63, 3.8) is 0 Å². The summed E-state index contributed by atoms with van der Waals surface area (Å²) in [5, 5.41) is 2.68. The first kappa shape index (κ1) is 27.8. The Balaban J connectivity index is 1.55. The van der Waals surface area contributed by atoms with Gasteiger partial charge in [0, 0.05) is 19.2 Å². The lowest BCUT2D eigenvalue weighted by molar-refractivity contribution is -0.121. The second kappa shape index (κ2) is 11.9. The van der Waals surface area contributed by atoms with Crippen molar-refractivity contribution in [3.8, 4) is 11.5 Å². The summed E-state index contributed by atoms with van der Waals surface area (Å²) in [6, 6.07) is 11.6. The Kier molecular flexibility index (Phi) is 9.20. The van der Waals surface area contributed by atoms with Gasteiger partial charge in [0.2, 0.25) is 26.0 Å². The Morgan fingerprint density at radius 2 is 1.69 bits per heavy atom. The summed E-state index contributed by atoms with van der Waals surface area (Å²) < 4.78 is 63.7. The zero-order valence-corrected chi connectivity index (χ0v) is 22.3. The quantitative estimate of drug-likeness (QED) is 0.435. The van der Waals surface area contributed by atoms with E-state index < -0.39 is 32.0 Å². The van der Waals surface area contributed by atoms with Gasteiger partial charge in [-0.3, -0.25) is 9.10 Å². The van der Waals surface area contributed by atoms with E-state index in [-0.39, 0.29) is 18.0 Å². The molecule has 0 bridgehead atoms. The number of nitrogens with one attached hydrogen (secondary N) is 1. The van der Waals surface area contributed by atoms with E-state index in [0.717, 1.165) is 29.8 Å². The van der Waals surface area contributed by atoms with Gasteiger partial charge in [-0.2, -0.15) is 4.31 Å². The molecule has 0 saturated carbocycles. The fourth-order valence-electron chi connectivity index (χ4n) is 4.01. The van der Waals surface area contributed by atoms with Crippen LogP contribution in [0.3, 0.4) is 0 Å². The van der Waals surface area contributed by atoms with Crippen LogP contribution in [0.1, 0.15) is 26.2 Å². The monoisotopic (exact) mass is 539 g/mol. The molecule has 10 nitrogen and oxygen atoms in total. The van der Waals surface area contributed by atoms with Crippen molar-refractivity contribution in [2.45, 2.75) is 37.1 Å². The molecule has 1 aliphatic rings. The molecule has 1 heterocycles. The highest BCUT2D eigenvalue weighted by atomic mass is 32.2. The summed E-state index contributed by atoms with van der Waals surface area (Å²) in [6.07, 6.45) is 3.81. The number of methoxy groups -OCH3 is 1. The van der Waals surface area contributed by atoms with Crippen molar-refractivity contribution in [2.75, 3.05) is 43.9 Å². The average Bonchev–Trinajstić information content (AvgIpc) is 2.86. The molecular weight excluding hydrogens is 506 g/mol. The van der Waals surface area contributed by atoms with Crippen LogP contribution in [0.15, 0.2) is 53.4 Å². The van der Waals surface area contributed by atoms with Gasteiger partial charge in [-0.25, -0.2) is 16.8 Å². The van der Waals surface area contributed by atoms with Crippen molar-refractivity contribution >= 4 is 31.6 Å². The van der Waals surface area contributed by atoms with Gasteiger partial charge in [0.1, 0.15) is 24.1 Å². The molecule has 12 heteroatoms. The number of carbonyl (C=O) groups is 1. The van der Waals surface area contributed by atoms with Gasteiger partial charge in [-0.05, 0) is 56.2 Å². The highest BCUT2D eigenvalue weighted by Crippen LogP contribution is 2.25. The molecule has 0 spiro atoms. The first-order chi connectivity index (χ1) is 17.0. The maximum atomic E-state index is 12.7. The fourth-order valence-corrected chi connectivity index (χ4v) is 6.69. The van der Waals surface area contributed by atoms with Crippen LogP contribution in [0.4, 0.5) is 5.69 Å². The smallest absolute Gasteiger partial charge is 0.243 e. The van der Waals surface area contributed by atoms with Gasteiger partial charge in [-0.15, -0.1) is 0 Å². The number of piperidine rings is 1. The third-order valence-corrected chi connectivity index (χ3v) is 9.00. The zero-order chi connectivity index (χ0) is 26.3. The molecule has 1 aliphatic heterocycles. The molecule has 0 unspecified atom stereocenters. The van der Waals surface area contributed by atoms with E-state index in [2.05, 4.69) is 5.32 Å². The van der Waals surface area contributed by atoms with E-state index in [0.29, 0.717) is 30.3 Å². The maximum Gasteiger partial charge on any atom is 0.243 e. The average molecular weight is 540 g/mol. The molecule has 0 radical (unpaired) electrons. The SMILES string of the molecule is COc1cccc(N([C@H](C)C(=O)NCCOc2ccc(S(=O)(=O)N3CCCCC3)cc2)S(C)(=O)=O)c1. The van der Waals surface area contributed by atoms with E-state index in [4.69, 9.17) is 9.47 Å². The van der Waals surface area contributed by atoms with Crippen LogP contribution in [0.2, 0.25) is 0 Å². The van der Waals surface area contributed by atoms with Gasteiger partial charge in [0.05, 0.1) is 30.5 Å². The number of nitrogens with zero attached hydrogens (tertiary/aromatic N) is 2. The molecule has 1 atom stereocenters. The van der Waals surface area contributed by atoms with Gasteiger partial charge >= 0.3 is 0 Å². The molecule has 2 aromatic carbocycles. The minimum absolute atomic E-state index is 0.120. The number of hydrogen-bond acceptors (Lipinski definition) is 7. The summed E-state index contributed by atoms with van der Waals surface area (Å²) in [4.78, 5) is 12.9. The zero-order valence-electron chi connectivity index (χ0n) is 20.7. The maximum absolute atomic E-state index is 12.7. The molecule has 1 N–H and O–H groups in total. The number of carbonyl (C=O) groups excluding carboxylic acids is 1. The molecule has 2 aromatic rings. The molecule has 3 rings (SSSR count). The van der Waals surface area contributed by atoms with Crippen LogP contribution in [0.5, 0.6) is 11.5 Å². The molecule has 1 amide bonds. The molecule has 198 valence electrons. The van der Waals surface area contributed by atoms with Crippen LogP contribution < -0.4 is 19.1 Å². The summed E-state index contributed by atoms with van der Waals surface area (Å²) >= 11 is 0. The molecule has 1 fully saturated rings. The fraction of sp³-hybridized carbons (Fsp3) is 0.458. The first-order valence-corrected chi connectivity index (χ1v) is 15.0. The number of benzene rings is 2. The Labute approximate surface area is 213 Å². The standard InChI is InChI=1S/C24H33N3O7S2/c1-19(27(35(3,29)30)20-8-7-9-22(18-20)33-2)24(28)25-14-17-34-21-10-12-23(13-11-21)36(31,32)26-15-5-4-6-16-26/h7-13,18-19H,4-6,14-17H2,1-3H3,(H,25,28)/t19-/m1/s1. The third kappa shape index (κ3) is 6.89. The van der Waals surface area contributed by atoms with E-state index in [1.165, 1.54) is 30.5 Å². The van der Waals surface area contributed by atoms with Gasteiger partial charge in [0.25, 0.3) is 0 Å². The van der Waals surface area contributed by atoms with Crippen LogP contribution in [-0.2, 0) is 24.8 Å². The van der Waals surface area contributed by atoms with E-state index in [1.54, 1.807) is 36.4 Å². The second-order valence-corrected chi connectivity index (χ2v) is 12.3. The van der Waals surface area contributed by atoms with Crippen molar-refractivity contribution in [3.05, 3.63) is 48.5 Å².